The first-order valence-electron chi connectivity index (χ1n) is 8.31. The second kappa shape index (κ2) is 11.6. The van der Waals surface area contributed by atoms with Crippen LogP contribution < -0.4 is 17.2 Å². The molecule has 0 fully saturated rings. The number of carbonyl (C=O) groups excluding carboxylic acids is 3. The summed E-state index contributed by atoms with van der Waals surface area (Å²) in [5.74, 6) is -1.96. The zero-order chi connectivity index (χ0) is 21.0. The molecular formula is C18H29N3O6. The maximum absolute atomic E-state index is 11.7. The summed E-state index contributed by atoms with van der Waals surface area (Å²) in [6.07, 6.45) is 3.77. The van der Waals surface area contributed by atoms with Crippen LogP contribution in [0.15, 0.2) is 35.3 Å². The summed E-state index contributed by atoms with van der Waals surface area (Å²) in [6.45, 7) is 5.96. The van der Waals surface area contributed by atoms with Crippen LogP contribution in [-0.4, -0.2) is 37.7 Å². The van der Waals surface area contributed by atoms with E-state index in [-0.39, 0.29) is 36.9 Å². The molecular weight excluding hydrogens is 354 g/mol. The Morgan fingerprint density at radius 1 is 0.704 bits per heavy atom. The van der Waals surface area contributed by atoms with Gasteiger partial charge < -0.3 is 31.4 Å². The van der Waals surface area contributed by atoms with Crippen LogP contribution in [-0.2, 0) is 28.6 Å². The van der Waals surface area contributed by atoms with Gasteiger partial charge in [0.15, 0.2) is 0 Å². The summed E-state index contributed by atoms with van der Waals surface area (Å²) in [5.41, 5.74) is 16.2. The lowest BCUT2D eigenvalue weighted by molar-refractivity contribution is -0.156. The molecule has 0 saturated heterocycles. The van der Waals surface area contributed by atoms with Crippen LogP contribution in [0.3, 0.4) is 0 Å². The van der Waals surface area contributed by atoms with Crippen molar-refractivity contribution in [2.75, 3.05) is 19.8 Å². The second-order valence-corrected chi connectivity index (χ2v) is 6.34. The van der Waals surface area contributed by atoms with E-state index in [1.54, 1.807) is 27.7 Å². The fourth-order valence-corrected chi connectivity index (χ4v) is 1.79. The maximum atomic E-state index is 11.7. The Balaban J connectivity index is 5.22. The average Bonchev–Trinajstić information content (AvgIpc) is 2.52. The Morgan fingerprint density at radius 3 is 1.15 bits per heavy atom. The summed E-state index contributed by atoms with van der Waals surface area (Å²) in [6, 6.07) is 0. The molecule has 0 aromatic carbocycles. The van der Waals surface area contributed by atoms with Crippen molar-refractivity contribution in [1.29, 1.82) is 0 Å². The van der Waals surface area contributed by atoms with Crippen LogP contribution in [0.1, 0.15) is 34.1 Å². The smallest absolute Gasteiger partial charge is 0.332 e. The topological polar surface area (TPSA) is 157 Å². The highest BCUT2D eigenvalue weighted by Gasteiger charge is 2.33. The zero-order valence-corrected chi connectivity index (χ0v) is 16.2. The van der Waals surface area contributed by atoms with Gasteiger partial charge in [-0.05, 0) is 27.2 Å². The lowest BCUT2D eigenvalue weighted by Gasteiger charge is -2.30. The Morgan fingerprint density at radius 2 is 0.963 bits per heavy atom. The molecule has 0 aromatic heterocycles. The van der Waals surface area contributed by atoms with Crippen molar-refractivity contribution in [3.63, 3.8) is 0 Å². The lowest BCUT2D eigenvalue weighted by Crippen LogP contribution is -2.38. The highest BCUT2D eigenvalue weighted by Crippen LogP contribution is 2.24. The van der Waals surface area contributed by atoms with E-state index >= 15 is 0 Å². The first-order chi connectivity index (χ1) is 12.5. The second-order valence-electron chi connectivity index (χ2n) is 6.34. The third-order valence-corrected chi connectivity index (χ3v) is 3.35. The molecule has 0 aliphatic rings. The van der Waals surface area contributed by atoms with E-state index in [2.05, 4.69) is 0 Å². The van der Waals surface area contributed by atoms with Gasteiger partial charge in [0.25, 0.3) is 0 Å². The number of carbonyl (C=O) groups is 3. The molecule has 9 heteroatoms. The molecule has 0 unspecified atom stereocenters. The maximum Gasteiger partial charge on any atom is 0.332 e. The van der Waals surface area contributed by atoms with Crippen molar-refractivity contribution in [2.45, 2.75) is 34.1 Å². The van der Waals surface area contributed by atoms with Crippen molar-refractivity contribution in [1.82, 2.24) is 0 Å². The summed E-state index contributed by atoms with van der Waals surface area (Å²) in [5, 5.41) is 0. The van der Waals surface area contributed by atoms with E-state index in [9.17, 15) is 14.4 Å². The average molecular weight is 383 g/mol. The fraction of sp³-hybridized carbons (Fsp3) is 0.500. The third-order valence-electron chi connectivity index (χ3n) is 3.35. The van der Waals surface area contributed by atoms with Crippen molar-refractivity contribution in [3.8, 4) is 0 Å². The van der Waals surface area contributed by atoms with Gasteiger partial charge in [-0.25, -0.2) is 14.4 Å². The van der Waals surface area contributed by atoms with Crippen LogP contribution in [0.5, 0.6) is 0 Å². The van der Waals surface area contributed by atoms with E-state index in [1.807, 2.05) is 0 Å². The molecule has 0 aliphatic carbocycles. The van der Waals surface area contributed by atoms with Crippen molar-refractivity contribution in [2.24, 2.45) is 22.6 Å². The standard InChI is InChI=1S/C18H29N3O6/c1-5-18(9-25-15(22)6-12(2)19,10-26-16(23)7-13(3)20)11-27-17(24)8-14(4)21/h6-8H,5,9-11,19-21H2,1-4H3. The highest BCUT2D eigenvalue weighted by molar-refractivity contribution is 5.83. The number of esters is 3. The van der Waals surface area contributed by atoms with E-state index in [0.29, 0.717) is 6.42 Å². The van der Waals surface area contributed by atoms with E-state index in [4.69, 9.17) is 31.4 Å². The Bertz CT molecular complexity index is 541. The molecule has 27 heavy (non-hydrogen) atoms. The summed E-state index contributed by atoms with van der Waals surface area (Å²) in [7, 11) is 0. The molecule has 0 bridgehead atoms. The largest absolute Gasteiger partial charge is 0.462 e. The van der Waals surface area contributed by atoms with Gasteiger partial charge in [-0.3, -0.25) is 0 Å². The fourth-order valence-electron chi connectivity index (χ4n) is 1.79. The minimum absolute atomic E-state index is 0.149. The van der Waals surface area contributed by atoms with Crippen molar-refractivity contribution in [3.05, 3.63) is 35.3 Å². The van der Waals surface area contributed by atoms with E-state index in [0.717, 1.165) is 18.2 Å². The minimum Gasteiger partial charge on any atom is -0.462 e. The number of allylic oxidation sites excluding steroid dienone is 3. The van der Waals surface area contributed by atoms with Gasteiger partial charge in [-0.2, -0.15) is 0 Å². The van der Waals surface area contributed by atoms with Crippen LogP contribution in [0, 0.1) is 5.41 Å². The molecule has 152 valence electrons. The summed E-state index contributed by atoms with van der Waals surface area (Å²) >= 11 is 0. The van der Waals surface area contributed by atoms with Crippen molar-refractivity contribution < 1.29 is 28.6 Å². The molecule has 0 spiro atoms. The zero-order valence-electron chi connectivity index (χ0n) is 16.2. The number of nitrogens with two attached hydrogens (primary N) is 3. The van der Waals surface area contributed by atoms with E-state index < -0.39 is 23.3 Å². The van der Waals surface area contributed by atoms with Gasteiger partial charge in [-0.1, -0.05) is 6.92 Å². The Hall–Kier alpha value is -2.97. The molecule has 0 radical (unpaired) electrons. The van der Waals surface area contributed by atoms with Gasteiger partial charge in [0.1, 0.15) is 19.8 Å². The van der Waals surface area contributed by atoms with Gasteiger partial charge in [-0.15, -0.1) is 0 Å². The number of rotatable bonds is 10. The molecule has 0 aliphatic heterocycles. The lowest BCUT2D eigenvalue weighted by atomic mass is 9.88. The predicted molar refractivity (Wildman–Crippen MR) is 99.4 cm³/mol. The summed E-state index contributed by atoms with van der Waals surface area (Å²) in [4.78, 5) is 35.2. The molecule has 0 saturated carbocycles. The summed E-state index contributed by atoms with van der Waals surface area (Å²) < 4.78 is 15.5. The monoisotopic (exact) mass is 383 g/mol. The normalized spacial score (nSPS) is 14.9. The SMILES string of the molecule is CCC(COC(=O)C=C(C)N)(COC(=O)C=C(C)N)COC(=O)C=C(C)N. The highest BCUT2D eigenvalue weighted by atomic mass is 16.6. The molecule has 6 N–H and O–H groups in total. The molecule has 0 amide bonds. The molecule has 0 rings (SSSR count). The predicted octanol–water partition coefficient (Wildman–Crippen LogP) is 0.600. The quantitative estimate of drug-likeness (QED) is 0.279. The first kappa shape index (κ1) is 24.0. The molecule has 0 heterocycles. The Kier molecular flexibility index (Phi) is 10.3. The first-order valence-corrected chi connectivity index (χ1v) is 8.31. The van der Waals surface area contributed by atoms with E-state index in [1.165, 1.54) is 0 Å². The Labute approximate surface area is 159 Å². The number of ether oxygens (including phenoxy) is 3. The molecule has 9 nitrogen and oxygen atoms in total. The molecule has 0 atom stereocenters. The minimum atomic E-state index is -0.940. The van der Waals surface area contributed by atoms with Crippen LogP contribution in [0.4, 0.5) is 0 Å². The number of hydrogen-bond donors (Lipinski definition) is 3. The van der Waals surface area contributed by atoms with Gasteiger partial charge >= 0.3 is 17.9 Å². The third kappa shape index (κ3) is 11.3. The van der Waals surface area contributed by atoms with Gasteiger partial charge in [0.05, 0.1) is 5.41 Å². The van der Waals surface area contributed by atoms with Crippen LogP contribution in [0.25, 0.3) is 0 Å². The van der Waals surface area contributed by atoms with Crippen LogP contribution in [0.2, 0.25) is 0 Å². The molecule has 0 aromatic rings. The number of hydrogen-bond acceptors (Lipinski definition) is 9. The van der Waals surface area contributed by atoms with Gasteiger partial charge in [0, 0.05) is 35.3 Å². The van der Waals surface area contributed by atoms with Crippen molar-refractivity contribution >= 4 is 17.9 Å². The van der Waals surface area contributed by atoms with Gasteiger partial charge in [0.2, 0.25) is 0 Å². The van der Waals surface area contributed by atoms with Crippen LogP contribution >= 0.6 is 0 Å².